The predicted molar refractivity (Wildman–Crippen MR) is 97.7 cm³/mol. The van der Waals surface area contributed by atoms with Crippen molar-refractivity contribution >= 4 is 17.0 Å². The van der Waals surface area contributed by atoms with Crippen LogP contribution in [0.1, 0.15) is 25.0 Å². The van der Waals surface area contributed by atoms with Gasteiger partial charge >= 0.3 is 6.36 Å². The molecule has 28 heavy (non-hydrogen) atoms. The van der Waals surface area contributed by atoms with Gasteiger partial charge in [-0.1, -0.05) is 18.2 Å². The van der Waals surface area contributed by atoms with Gasteiger partial charge in [-0.05, 0) is 36.5 Å². The number of imidazole rings is 1. The Morgan fingerprint density at radius 2 is 2.07 bits per heavy atom. The lowest BCUT2D eigenvalue weighted by Crippen LogP contribution is -2.24. The summed E-state index contributed by atoms with van der Waals surface area (Å²) in [6.45, 7) is 2.37. The number of nitrogens with zero attached hydrogens (tertiary/aromatic N) is 3. The van der Waals surface area contributed by atoms with Gasteiger partial charge in [0.1, 0.15) is 5.82 Å². The lowest BCUT2D eigenvalue weighted by atomic mass is 10.0. The van der Waals surface area contributed by atoms with Crippen molar-refractivity contribution in [3.05, 3.63) is 42.3 Å². The molecule has 2 aliphatic rings. The minimum absolute atomic E-state index is 0.102. The van der Waals surface area contributed by atoms with Crippen LogP contribution in [-0.4, -0.2) is 46.8 Å². The average Bonchev–Trinajstić information content (AvgIpc) is 3.09. The summed E-state index contributed by atoms with van der Waals surface area (Å²) in [5, 5.41) is 7.92. The lowest BCUT2D eigenvalue weighted by molar-refractivity contribution is -0.335. The van der Waals surface area contributed by atoms with Gasteiger partial charge in [-0.2, -0.15) is 0 Å². The van der Waals surface area contributed by atoms with E-state index in [1.807, 2.05) is 12.1 Å². The minimum Gasteiger partial charge on any atom is -0.381 e. The number of alkyl halides is 3. The molecule has 0 amide bonds. The average molecular weight is 394 g/mol. The fourth-order valence-electron chi connectivity index (χ4n) is 3.48. The highest BCUT2D eigenvalue weighted by Gasteiger charge is 2.33. The molecule has 1 unspecified atom stereocenters. The number of hydrogen-bond donors (Lipinski definition) is 1. The van der Waals surface area contributed by atoms with E-state index in [-0.39, 0.29) is 6.42 Å². The second kappa shape index (κ2) is 7.92. The van der Waals surface area contributed by atoms with Crippen molar-refractivity contribution in [2.45, 2.75) is 31.7 Å². The van der Waals surface area contributed by atoms with Gasteiger partial charge in [0.25, 0.3) is 0 Å². The molecular formula is C19H21F3N4O2. The molecule has 4 rings (SSSR count). The molecule has 1 N–H and O–H groups in total. The Morgan fingerprint density at radius 1 is 1.25 bits per heavy atom. The van der Waals surface area contributed by atoms with Gasteiger partial charge in [0.15, 0.2) is 5.65 Å². The molecule has 1 fully saturated rings. The lowest BCUT2D eigenvalue weighted by Gasteiger charge is -2.22. The van der Waals surface area contributed by atoms with Gasteiger partial charge in [0.2, 0.25) is 0 Å². The summed E-state index contributed by atoms with van der Waals surface area (Å²) in [5.74, 6) is 1.24. The van der Waals surface area contributed by atoms with Crippen LogP contribution < -0.4 is 5.32 Å². The zero-order chi connectivity index (χ0) is 19.6. The van der Waals surface area contributed by atoms with E-state index < -0.39 is 12.5 Å². The molecule has 1 aliphatic carbocycles. The van der Waals surface area contributed by atoms with E-state index >= 15 is 0 Å². The number of ether oxygens (including phenoxy) is 2. The zero-order valence-electron chi connectivity index (χ0n) is 15.2. The summed E-state index contributed by atoms with van der Waals surface area (Å²) < 4.78 is 48.8. The summed E-state index contributed by atoms with van der Waals surface area (Å²) >= 11 is 0. The van der Waals surface area contributed by atoms with Gasteiger partial charge in [-0.3, -0.25) is 4.74 Å². The SMILES string of the molecule is FC(F)(F)OC1C=CC=C(c2cnc3ccc(NCC4CCOCC4)nn23)C1. The van der Waals surface area contributed by atoms with Gasteiger partial charge in [0.05, 0.1) is 18.0 Å². The van der Waals surface area contributed by atoms with Crippen LogP contribution in [0.15, 0.2) is 36.6 Å². The smallest absolute Gasteiger partial charge is 0.381 e. The highest BCUT2D eigenvalue weighted by molar-refractivity contribution is 5.68. The maximum absolute atomic E-state index is 12.5. The second-order valence-corrected chi connectivity index (χ2v) is 6.95. The van der Waals surface area contributed by atoms with Crippen LogP contribution in [0.5, 0.6) is 0 Å². The van der Waals surface area contributed by atoms with Crippen molar-refractivity contribution in [2.24, 2.45) is 5.92 Å². The first-order valence-electron chi connectivity index (χ1n) is 9.26. The van der Waals surface area contributed by atoms with Crippen LogP contribution in [0.2, 0.25) is 0 Å². The predicted octanol–water partition coefficient (Wildman–Crippen LogP) is 3.82. The first-order valence-corrected chi connectivity index (χ1v) is 9.26. The number of allylic oxidation sites excluding steroid dienone is 2. The van der Waals surface area contributed by atoms with E-state index in [4.69, 9.17) is 4.74 Å². The zero-order valence-corrected chi connectivity index (χ0v) is 15.2. The molecule has 1 saturated heterocycles. The van der Waals surface area contributed by atoms with Crippen LogP contribution in [0.3, 0.4) is 0 Å². The molecule has 2 aromatic rings. The van der Waals surface area contributed by atoms with Crippen LogP contribution in [0, 0.1) is 5.92 Å². The number of aromatic nitrogens is 3. The largest absolute Gasteiger partial charge is 0.523 e. The van der Waals surface area contributed by atoms with Crippen molar-refractivity contribution in [1.29, 1.82) is 0 Å². The molecule has 1 aliphatic heterocycles. The third-order valence-corrected chi connectivity index (χ3v) is 4.93. The van der Waals surface area contributed by atoms with Crippen molar-refractivity contribution in [3.8, 4) is 0 Å². The fraction of sp³-hybridized carbons (Fsp3) is 0.474. The molecule has 0 aromatic carbocycles. The molecule has 0 radical (unpaired) electrons. The maximum atomic E-state index is 12.5. The first-order chi connectivity index (χ1) is 13.5. The molecule has 150 valence electrons. The molecule has 3 heterocycles. The number of rotatable bonds is 5. The fourth-order valence-corrected chi connectivity index (χ4v) is 3.48. The minimum atomic E-state index is -4.67. The van der Waals surface area contributed by atoms with E-state index in [1.54, 1.807) is 22.9 Å². The molecule has 0 saturated carbocycles. The number of hydrogen-bond acceptors (Lipinski definition) is 5. The number of nitrogens with one attached hydrogen (secondary N) is 1. The Hall–Kier alpha value is -2.39. The van der Waals surface area contributed by atoms with Crippen molar-refractivity contribution in [3.63, 3.8) is 0 Å². The van der Waals surface area contributed by atoms with Gasteiger partial charge in [-0.15, -0.1) is 18.3 Å². The van der Waals surface area contributed by atoms with Crippen LogP contribution >= 0.6 is 0 Å². The number of halogens is 3. The van der Waals surface area contributed by atoms with E-state index in [9.17, 15) is 13.2 Å². The summed E-state index contributed by atoms with van der Waals surface area (Å²) in [6, 6.07) is 3.70. The summed E-state index contributed by atoms with van der Waals surface area (Å²) in [4.78, 5) is 4.31. The summed E-state index contributed by atoms with van der Waals surface area (Å²) in [6.07, 6.45) is 2.78. The Kier molecular flexibility index (Phi) is 5.36. The Balaban J connectivity index is 1.50. The molecule has 1 atom stereocenters. The Morgan fingerprint density at radius 3 is 2.86 bits per heavy atom. The first kappa shape index (κ1) is 18.9. The van der Waals surface area contributed by atoms with Crippen molar-refractivity contribution in [1.82, 2.24) is 14.6 Å². The topological polar surface area (TPSA) is 60.7 Å². The second-order valence-electron chi connectivity index (χ2n) is 6.95. The number of fused-ring (bicyclic) bond motifs is 1. The van der Waals surface area contributed by atoms with Gasteiger partial charge in [0, 0.05) is 26.2 Å². The van der Waals surface area contributed by atoms with Gasteiger partial charge < -0.3 is 10.1 Å². The monoisotopic (exact) mass is 394 g/mol. The normalized spacial score (nSPS) is 21.1. The van der Waals surface area contributed by atoms with Crippen LogP contribution in [0.4, 0.5) is 19.0 Å². The van der Waals surface area contributed by atoms with Crippen LogP contribution in [0.25, 0.3) is 11.2 Å². The molecule has 9 heteroatoms. The van der Waals surface area contributed by atoms with E-state index in [2.05, 4.69) is 20.1 Å². The van der Waals surface area contributed by atoms with Crippen LogP contribution in [-0.2, 0) is 9.47 Å². The highest BCUT2D eigenvalue weighted by atomic mass is 19.4. The van der Waals surface area contributed by atoms with Gasteiger partial charge in [-0.25, -0.2) is 9.50 Å². The van der Waals surface area contributed by atoms with E-state index in [1.165, 1.54) is 6.08 Å². The molecular weight excluding hydrogens is 373 g/mol. The number of anilines is 1. The third kappa shape index (κ3) is 4.53. The molecule has 0 bridgehead atoms. The van der Waals surface area contributed by atoms with Crippen molar-refractivity contribution < 1.29 is 22.6 Å². The van der Waals surface area contributed by atoms with E-state index in [0.717, 1.165) is 32.6 Å². The summed E-state index contributed by atoms with van der Waals surface area (Å²) in [5.41, 5.74) is 1.98. The van der Waals surface area contributed by atoms with Crippen molar-refractivity contribution in [2.75, 3.05) is 25.1 Å². The third-order valence-electron chi connectivity index (χ3n) is 4.93. The Bertz CT molecular complexity index is 885. The molecule has 0 spiro atoms. The summed E-state index contributed by atoms with van der Waals surface area (Å²) in [7, 11) is 0. The maximum Gasteiger partial charge on any atom is 0.523 e. The Labute approximate surface area is 160 Å². The molecule has 2 aromatic heterocycles. The van der Waals surface area contributed by atoms with E-state index in [0.29, 0.717) is 28.6 Å². The quantitative estimate of drug-likeness (QED) is 0.836. The highest BCUT2D eigenvalue weighted by Crippen LogP contribution is 2.30. The standard InChI is InChI=1S/C19H21F3N4O2/c20-19(21,22)28-15-3-1-2-14(10-15)16-12-24-18-5-4-17(25-26(16)18)23-11-13-6-8-27-9-7-13/h1-5,12-13,15H,6-11H2,(H,23,25). The molecule has 6 nitrogen and oxygen atoms in total.